The third-order valence-electron chi connectivity index (χ3n) is 7.09. The minimum atomic E-state index is -4.83. The molecule has 2 aromatic rings. The molecule has 0 saturated heterocycles. The highest BCUT2D eigenvalue weighted by atomic mass is 19.4. The smallest absolute Gasteiger partial charge is 0.206 e. The third-order valence-corrected chi connectivity index (χ3v) is 7.09. The number of alkyl halides is 3. The van der Waals surface area contributed by atoms with E-state index in [-0.39, 0.29) is 16.7 Å². The first-order chi connectivity index (χ1) is 13.3. The Labute approximate surface area is 162 Å². The van der Waals surface area contributed by atoms with Gasteiger partial charge >= 0.3 is 6.18 Å². The van der Waals surface area contributed by atoms with E-state index < -0.39 is 23.4 Å². The summed E-state index contributed by atoms with van der Waals surface area (Å²) in [5.74, 6) is 0.357. The lowest BCUT2D eigenvalue weighted by Crippen LogP contribution is -2.30. The van der Waals surface area contributed by atoms with E-state index in [0.717, 1.165) is 42.7 Å². The van der Waals surface area contributed by atoms with E-state index in [4.69, 9.17) is 0 Å². The van der Waals surface area contributed by atoms with Crippen molar-refractivity contribution in [3.63, 3.8) is 0 Å². The molecule has 0 heterocycles. The monoisotopic (exact) mass is 396 g/mol. The van der Waals surface area contributed by atoms with Gasteiger partial charge in [0.1, 0.15) is 11.6 Å². The van der Waals surface area contributed by atoms with Crippen molar-refractivity contribution in [3.8, 4) is 0 Å². The largest absolute Gasteiger partial charge is 0.419 e. The topological polar surface area (TPSA) is 0 Å². The minimum Gasteiger partial charge on any atom is -0.206 e. The number of halogens is 5. The molecule has 5 heteroatoms. The van der Waals surface area contributed by atoms with Crippen molar-refractivity contribution < 1.29 is 22.0 Å². The summed E-state index contributed by atoms with van der Waals surface area (Å²) in [7, 11) is 0. The van der Waals surface area contributed by atoms with Gasteiger partial charge in [-0.3, -0.25) is 0 Å². The SMILES string of the molecule is CCC1CCC2CC(c3cc(F)c4cc(C(F)(F)F)c(F)cc4c3)CCC2C1. The zero-order chi connectivity index (χ0) is 20.1. The molecule has 4 atom stereocenters. The molecule has 0 spiro atoms. The standard InChI is InChI=1S/C23H25F5/c1-2-13-3-4-15-8-16(6-5-14(15)7-13)17-9-18-11-22(25)20(23(26,27)28)12-19(18)21(24)10-17/h9-16H,2-8H2,1H3. The van der Waals surface area contributed by atoms with Gasteiger partial charge < -0.3 is 0 Å². The molecule has 2 fully saturated rings. The molecule has 4 rings (SSSR count). The van der Waals surface area contributed by atoms with E-state index in [2.05, 4.69) is 6.92 Å². The van der Waals surface area contributed by atoms with E-state index >= 15 is 0 Å². The summed E-state index contributed by atoms with van der Waals surface area (Å²) in [5.41, 5.74) is -0.625. The van der Waals surface area contributed by atoms with Crippen LogP contribution in [0.15, 0.2) is 24.3 Å². The molecule has 0 aliphatic heterocycles. The number of benzene rings is 2. The second-order valence-electron chi connectivity index (χ2n) is 8.67. The van der Waals surface area contributed by atoms with Crippen LogP contribution in [0.1, 0.15) is 68.9 Å². The first-order valence-electron chi connectivity index (χ1n) is 10.3. The maximum absolute atomic E-state index is 14.6. The lowest BCUT2D eigenvalue weighted by molar-refractivity contribution is -0.139. The van der Waals surface area contributed by atoms with Gasteiger partial charge in [0.25, 0.3) is 0 Å². The summed E-state index contributed by atoms with van der Waals surface area (Å²) in [6, 6.07) is 4.46. The van der Waals surface area contributed by atoms with Gasteiger partial charge in [0, 0.05) is 5.39 Å². The van der Waals surface area contributed by atoms with Gasteiger partial charge in [-0.1, -0.05) is 25.8 Å². The van der Waals surface area contributed by atoms with E-state index in [1.165, 1.54) is 31.7 Å². The van der Waals surface area contributed by atoms with Crippen molar-refractivity contribution in [1.29, 1.82) is 0 Å². The lowest BCUT2D eigenvalue weighted by Gasteiger charge is -2.42. The first-order valence-corrected chi connectivity index (χ1v) is 10.3. The fraction of sp³-hybridized carbons (Fsp3) is 0.565. The Hall–Kier alpha value is -1.65. The number of hydrogen-bond acceptors (Lipinski definition) is 0. The summed E-state index contributed by atoms with van der Waals surface area (Å²) < 4.78 is 67.4. The quantitative estimate of drug-likeness (QED) is 0.454. The molecule has 4 unspecified atom stereocenters. The van der Waals surface area contributed by atoms with E-state index in [1.807, 2.05) is 0 Å². The van der Waals surface area contributed by atoms with Crippen LogP contribution in [0.4, 0.5) is 22.0 Å². The highest BCUT2D eigenvalue weighted by Gasteiger charge is 2.37. The van der Waals surface area contributed by atoms with Crippen LogP contribution in [0.2, 0.25) is 0 Å². The number of hydrogen-bond donors (Lipinski definition) is 0. The van der Waals surface area contributed by atoms with Crippen LogP contribution in [-0.4, -0.2) is 0 Å². The predicted octanol–water partition coefficient (Wildman–Crippen LogP) is 7.85. The molecule has 2 aliphatic rings. The van der Waals surface area contributed by atoms with Gasteiger partial charge in [-0.05, 0) is 84.9 Å². The first kappa shape index (κ1) is 19.7. The summed E-state index contributed by atoms with van der Waals surface area (Å²) >= 11 is 0. The third kappa shape index (κ3) is 3.65. The maximum Gasteiger partial charge on any atom is 0.419 e. The van der Waals surface area contributed by atoms with Crippen molar-refractivity contribution in [2.24, 2.45) is 17.8 Å². The summed E-state index contributed by atoms with van der Waals surface area (Å²) in [4.78, 5) is 0. The van der Waals surface area contributed by atoms with Crippen molar-refractivity contribution in [1.82, 2.24) is 0 Å². The van der Waals surface area contributed by atoms with Crippen LogP contribution in [-0.2, 0) is 6.18 Å². The van der Waals surface area contributed by atoms with Crippen LogP contribution in [0.25, 0.3) is 10.8 Å². The maximum atomic E-state index is 14.6. The van der Waals surface area contributed by atoms with Gasteiger partial charge in [-0.25, -0.2) is 8.78 Å². The molecular weight excluding hydrogens is 371 g/mol. The lowest BCUT2D eigenvalue weighted by atomic mass is 9.63. The molecule has 2 aliphatic carbocycles. The Morgan fingerprint density at radius 2 is 1.57 bits per heavy atom. The molecule has 0 bridgehead atoms. The van der Waals surface area contributed by atoms with Gasteiger partial charge in [-0.2, -0.15) is 13.2 Å². The molecule has 2 saturated carbocycles. The summed E-state index contributed by atoms with van der Waals surface area (Å²) in [6.45, 7) is 2.25. The number of fused-ring (bicyclic) bond motifs is 2. The van der Waals surface area contributed by atoms with Gasteiger partial charge in [0.15, 0.2) is 0 Å². The molecule has 0 radical (unpaired) electrons. The zero-order valence-corrected chi connectivity index (χ0v) is 16.0. The molecule has 0 amide bonds. The number of rotatable bonds is 2. The predicted molar refractivity (Wildman–Crippen MR) is 100 cm³/mol. The Morgan fingerprint density at radius 3 is 2.29 bits per heavy atom. The van der Waals surface area contributed by atoms with Crippen LogP contribution >= 0.6 is 0 Å². The fourth-order valence-electron chi connectivity index (χ4n) is 5.47. The van der Waals surface area contributed by atoms with E-state index in [1.54, 1.807) is 6.07 Å². The van der Waals surface area contributed by atoms with Crippen molar-refractivity contribution in [3.05, 3.63) is 47.0 Å². The van der Waals surface area contributed by atoms with Crippen LogP contribution in [0.3, 0.4) is 0 Å². The highest BCUT2D eigenvalue weighted by molar-refractivity contribution is 5.85. The van der Waals surface area contributed by atoms with Crippen LogP contribution in [0.5, 0.6) is 0 Å². The van der Waals surface area contributed by atoms with E-state index in [9.17, 15) is 22.0 Å². The Morgan fingerprint density at radius 1 is 0.857 bits per heavy atom. The zero-order valence-electron chi connectivity index (χ0n) is 16.0. The molecule has 2 aromatic carbocycles. The molecule has 0 N–H and O–H groups in total. The van der Waals surface area contributed by atoms with Crippen LogP contribution in [0, 0.1) is 29.4 Å². The normalized spacial score (nSPS) is 28.4. The van der Waals surface area contributed by atoms with Crippen molar-refractivity contribution in [2.75, 3.05) is 0 Å². The van der Waals surface area contributed by atoms with Crippen molar-refractivity contribution >= 4 is 10.8 Å². The summed E-state index contributed by atoms with van der Waals surface area (Å²) in [6.07, 6.45) is 3.22. The van der Waals surface area contributed by atoms with Crippen LogP contribution < -0.4 is 0 Å². The Kier molecular flexibility index (Phi) is 5.13. The minimum absolute atomic E-state index is 0.172. The molecular formula is C23H25F5. The fourth-order valence-corrected chi connectivity index (χ4v) is 5.47. The second kappa shape index (κ2) is 7.31. The van der Waals surface area contributed by atoms with Gasteiger partial charge in [0.05, 0.1) is 5.56 Å². The van der Waals surface area contributed by atoms with Crippen molar-refractivity contribution in [2.45, 2.75) is 64.0 Å². The summed E-state index contributed by atoms with van der Waals surface area (Å²) in [5, 5.41) is 0.0342. The van der Waals surface area contributed by atoms with E-state index in [0.29, 0.717) is 12.0 Å². The average Bonchev–Trinajstić information content (AvgIpc) is 2.65. The Bertz CT molecular complexity index is 869. The van der Waals surface area contributed by atoms with Gasteiger partial charge in [-0.15, -0.1) is 0 Å². The molecule has 0 aromatic heterocycles. The molecule has 0 nitrogen and oxygen atoms in total. The molecule has 152 valence electrons. The Balaban J connectivity index is 1.62. The average molecular weight is 396 g/mol. The van der Waals surface area contributed by atoms with Gasteiger partial charge in [0.2, 0.25) is 0 Å². The highest BCUT2D eigenvalue weighted by Crippen LogP contribution is 2.48. The second-order valence-corrected chi connectivity index (χ2v) is 8.67. The molecule has 28 heavy (non-hydrogen) atoms.